The Morgan fingerprint density at radius 3 is 2.35 bits per heavy atom. The summed E-state index contributed by atoms with van der Waals surface area (Å²) in [7, 11) is 0. The third-order valence-electron chi connectivity index (χ3n) is 3.70. The summed E-state index contributed by atoms with van der Waals surface area (Å²) in [5.41, 5.74) is 0. The van der Waals surface area contributed by atoms with Crippen LogP contribution in [0, 0.1) is 5.92 Å². The Kier molecular flexibility index (Phi) is 7.77. The quantitative estimate of drug-likeness (QED) is 0.580. The second-order valence-electron chi connectivity index (χ2n) is 4.96. The van der Waals surface area contributed by atoms with Crippen LogP contribution < -0.4 is 5.32 Å². The molecule has 1 fully saturated rings. The van der Waals surface area contributed by atoms with E-state index < -0.39 is 0 Å². The lowest BCUT2D eigenvalue weighted by Crippen LogP contribution is -2.45. The van der Waals surface area contributed by atoms with E-state index in [9.17, 15) is 0 Å². The van der Waals surface area contributed by atoms with Crippen molar-refractivity contribution in [2.45, 2.75) is 38.6 Å². The standard InChI is InChI=1S/C13H28N2O2/c1-2-14-13-6-4-3-5-12(13)11-15(7-9-16)8-10-17/h12-14,16-17H,2-11H2,1H3. The lowest BCUT2D eigenvalue weighted by molar-refractivity contribution is 0.121. The highest BCUT2D eigenvalue weighted by Gasteiger charge is 2.25. The summed E-state index contributed by atoms with van der Waals surface area (Å²) in [4.78, 5) is 2.18. The molecule has 1 aliphatic rings. The molecule has 0 saturated heterocycles. The highest BCUT2D eigenvalue weighted by molar-refractivity contribution is 4.82. The van der Waals surface area contributed by atoms with Crippen molar-refractivity contribution in [3.05, 3.63) is 0 Å². The molecule has 4 heteroatoms. The van der Waals surface area contributed by atoms with Crippen LogP contribution in [0.2, 0.25) is 0 Å². The fourth-order valence-electron chi connectivity index (χ4n) is 2.87. The minimum Gasteiger partial charge on any atom is -0.395 e. The Morgan fingerprint density at radius 1 is 1.12 bits per heavy atom. The number of aliphatic hydroxyl groups is 2. The van der Waals surface area contributed by atoms with E-state index in [1.165, 1.54) is 25.7 Å². The number of aliphatic hydroxyl groups excluding tert-OH is 2. The molecule has 0 spiro atoms. The number of nitrogens with zero attached hydrogens (tertiary/aromatic N) is 1. The van der Waals surface area contributed by atoms with Crippen LogP contribution in [0.5, 0.6) is 0 Å². The van der Waals surface area contributed by atoms with Crippen LogP contribution in [0.4, 0.5) is 0 Å². The minimum absolute atomic E-state index is 0.179. The molecular weight excluding hydrogens is 216 g/mol. The number of nitrogens with one attached hydrogen (secondary N) is 1. The van der Waals surface area contributed by atoms with Crippen molar-refractivity contribution in [2.24, 2.45) is 5.92 Å². The van der Waals surface area contributed by atoms with Crippen molar-refractivity contribution >= 4 is 0 Å². The van der Waals surface area contributed by atoms with E-state index in [1.54, 1.807) is 0 Å². The molecule has 0 heterocycles. The lowest BCUT2D eigenvalue weighted by atomic mass is 9.84. The van der Waals surface area contributed by atoms with Gasteiger partial charge in [-0.05, 0) is 25.3 Å². The van der Waals surface area contributed by atoms with Gasteiger partial charge in [-0.2, -0.15) is 0 Å². The van der Waals surface area contributed by atoms with Crippen molar-refractivity contribution < 1.29 is 10.2 Å². The summed E-state index contributed by atoms with van der Waals surface area (Å²) >= 11 is 0. The first-order valence-electron chi connectivity index (χ1n) is 6.99. The van der Waals surface area contributed by atoms with Gasteiger partial charge in [-0.15, -0.1) is 0 Å². The summed E-state index contributed by atoms with van der Waals surface area (Å²) in [6.45, 7) is 5.90. The lowest BCUT2D eigenvalue weighted by Gasteiger charge is -2.35. The first-order chi connectivity index (χ1) is 8.31. The molecule has 2 unspecified atom stereocenters. The maximum absolute atomic E-state index is 9.02. The average Bonchev–Trinajstić information content (AvgIpc) is 2.33. The largest absolute Gasteiger partial charge is 0.395 e. The topological polar surface area (TPSA) is 55.7 Å². The monoisotopic (exact) mass is 244 g/mol. The van der Waals surface area contributed by atoms with Gasteiger partial charge < -0.3 is 15.5 Å². The van der Waals surface area contributed by atoms with Crippen molar-refractivity contribution in [3.8, 4) is 0 Å². The Labute approximate surface area is 105 Å². The number of rotatable bonds is 8. The van der Waals surface area contributed by atoms with Gasteiger partial charge in [-0.3, -0.25) is 4.90 Å². The van der Waals surface area contributed by atoms with E-state index in [-0.39, 0.29) is 13.2 Å². The van der Waals surface area contributed by atoms with Crippen LogP contribution in [-0.2, 0) is 0 Å². The molecule has 0 bridgehead atoms. The molecule has 0 radical (unpaired) electrons. The van der Waals surface area contributed by atoms with Gasteiger partial charge in [0, 0.05) is 25.7 Å². The molecule has 0 aromatic rings. The van der Waals surface area contributed by atoms with Crippen molar-refractivity contribution in [2.75, 3.05) is 39.4 Å². The molecule has 3 N–H and O–H groups in total. The summed E-state index contributed by atoms with van der Waals surface area (Å²) in [5.74, 6) is 0.668. The van der Waals surface area contributed by atoms with Crippen molar-refractivity contribution in [1.29, 1.82) is 0 Å². The van der Waals surface area contributed by atoms with Crippen molar-refractivity contribution in [3.63, 3.8) is 0 Å². The molecule has 0 aliphatic heterocycles. The van der Waals surface area contributed by atoms with E-state index >= 15 is 0 Å². The van der Waals surface area contributed by atoms with Crippen LogP contribution in [0.3, 0.4) is 0 Å². The molecule has 0 amide bonds. The summed E-state index contributed by atoms with van der Waals surface area (Å²) in [6.07, 6.45) is 5.18. The molecule has 0 aromatic carbocycles. The van der Waals surface area contributed by atoms with Gasteiger partial charge in [0.2, 0.25) is 0 Å². The Bertz CT molecular complexity index is 182. The molecular formula is C13H28N2O2. The first kappa shape index (κ1) is 14.9. The third-order valence-corrected chi connectivity index (χ3v) is 3.70. The van der Waals surface area contributed by atoms with Gasteiger partial charge in [-0.25, -0.2) is 0 Å². The fraction of sp³-hybridized carbons (Fsp3) is 1.00. The van der Waals surface area contributed by atoms with Crippen LogP contribution in [0.1, 0.15) is 32.6 Å². The molecule has 2 atom stereocenters. The number of hydrogen-bond acceptors (Lipinski definition) is 4. The van der Waals surface area contributed by atoms with Crippen LogP contribution in [0.15, 0.2) is 0 Å². The Morgan fingerprint density at radius 2 is 1.76 bits per heavy atom. The zero-order valence-electron chi connectivity index (χ0n) is 11.1. The second-order valence-corrected chi connectivity index (χ2v) is 4.96. The zero-order valence-corrected chi connectivity index (χ0v) is 11.1. The first-order valence-corrected chi connectivity index (χ1v) is 6.99. The molecule has 1 rings (SSSR count). The summed E-state index contributed by atoms with van der Waals surface area (Å²) in [5, 5.41) is 21.6. The maximum Gasteiger partial charge on any atom is 0.0558 e. The zero-order chi connectivity index (χ0) is 12.5. The molecule has 4 nitrogen and oxygen atoms in total. The SMILES string of the molecule is CCNC1CCCCC1CN(CCO)CCO. The highest BCUT2D eigenvalue weighted by atomic mass is 16.3. The highest BCUT2D eigenvalue weighted by Crippen LogP contribution is 2.25. The summed E-state index contributed by atoms with van der Waals surface area (Å²) < 4.78 is 0. The normalized spacial score (nSPS) is 25.4. The van der Waals surface area contributed by atoms with Gasteiger partial charge in [0.05, 0.1) is 13.2 Å². The van der Waals surface area contributed by atoms with Crippen molar-refractivity contribution in [1.82, 2.24) is 10.2 Å². The summed E-state index contributed by atoms with van der Waals surface area (Å²) in [6, 6.07) is 0.619. The molecule has 102 valence electrons. The second kappa shape index (κ2) is 8.86. The number of hydrogen-bond donors (Lipinski definition) is 3. The molecule has 1 saturated carbocycles. The van der Waals surface area contributed by atoms with E-state index in [0.717, 1.165) is 13.1 Å². The van der Waals surface area contributed by atoms with Gasteiger partial charge >= 0.3 is 0 Å². The van der Waals surface area contributed by atoms with Crippen LogP contribution in [0.25, 0.3) is 0 Å². The van der Waals surface area contributed by atoms with Gasteiger partial charge in [-0.1, -0.05) is 19.8 Å². The molecule has 17 heavy (non-hydrogen) atoms. The average molecular weight is 244 g/mol. The van der Waals surface area contributed by atoms with Crippen LogP contribution >= 0.6 is 0 Å². The smallest absolute Gasteiger partial charge is 0.0558 e. The van der Waals surface area contributed by atoms with Gasteiger partial charge in [0.15, 0.2) is 0 Å². The Hall–Kier alpha value is -0.160. The van der Waals surface area contributed by atoms with E-state index in [0.29, 0.717) is 25.0 Å². The minimum atomic E-state index is 0.179. The predicted octanol–water partition coefficient (Wildman–Crippen LogP) is 0.441. The fourth-order valence-corrected chi connectivity index (χ4v) is 2.87. The van der Waals surface area contributed by atoms with E-state index in [4.69, 9.17) is 10.2 Å². The Balaban J connectivity index is 2.43. The van der Waals surface area contributed by atoms with E-state index in [2.05, 4.69) is 17.1 Å². The van der Waals surface area contributed by atoms with Gasteiger partial charge in [0.1, 0.15) is 0 Å². The van der Waals surface area contributed by atoms with E-state index in [1.807, 2.05) is 0 Å². The van der Waals surface area contributed by atoms with Gasteiger partial charge in [0.25, 0.3) is 0 Å². The predicted molar refractivity (Wildman–Crippen MR) is 70.0 cm³/mol. The maximum atomic E-state index is 9.02. The molecule has 1 aliphatic carbocycles. The third kappa shape index (κ3) is 5.34. The molecule has 0 aromatic heterocycles. The van der Waals surface area contributed by atoms with Crippen LogP contribution in [-0.4, -0.2) is 60.5 Å².